The van der Waals surface area contributed by atoms with Crippen LogP contribution in [0, 0.1) is 17.1 Å². The van der Waals surface area contributed by atoms with Crippen molar-refractivity contribution < 1.29 is 13.9 Å². The number of anilines is 1. The first kappa shape index (κ1) is 15.5. The average molecular weight is 298 g/mol. The van der Waals surface area contributed by atoms with Crippen LogP contribution in [0.1, 0.15) is 28.4 Å². The Morgan fingerprint density at radius 3 is 2.68 bits per heavy atom. The molecule has 2 rings (SSSR count). The van der Waals surface area contributed by atoms with E-state index in [-0.39, 0.29) is 11.5 Å². The molecule has 0 radical (unpaired) electrons. The van der Waals surface area contributed by atoms with Gasteiger partial charge in [0.1, 0.15) is 0 Å². The Kier molecular flexibility index (Phi) is 4.74. The standard InChI is InChI=1S/C17H15FN2O2/c1-11(21)14-5-3-12(9-19)8-16(14)20-10-13-4-6-17(22-2)15(18)7-13/h3-8,20H,10H2,1-2H3. The molecule has 0 aliphatic rings. The molecule has 1 N–H and O–H groups in total. The Balaban J connectivity index is 2.22. The summed E-state index contributed by atoms with van der Waals surface area (Å²) in [6.45, 7) is 1.79. The number of carbonyl (C=O) groups is 1. The van der Waals surface area contributed by atoms with Gasteiger partial charge in [-0.1, -0.05) is 6.07 Å². The SMILES string of the molecule is COc1ccc(CNc2cc(C#N)ccc2C(C)=O)cc1F. The smallest absolute Gasteiger partial charge is 0.165 e. The van der Waals surface area contributed by atoms with Gasteiger partial charge in [-0.3, -0.25) is 4.79 Å². The molecular weight excluding hydrogens is 283 g/mol. The van der Waals surface area contributed by atoms with Gasteiger partial charge in [-0.2, -0.15) is 5.26 Å². The Morgan fingerprint density at radius 2 is 2.09 bits per heavy atom. The highest BCUT2D eigenvalue weighted by molar-refractivity contribution is 5.99. The van der Waals surface area contributed by atoms with Crippen LogP contribution in [0.25, 0.3) is 0 Å². The molecule has 0 heterocycles. The maximum atomic E-state index is 13.7. The van der Waals surface area contributed by atoms with Crippen molar-refractivity contribution in [2.45, 2.75) is 13.5 Å². The lowest BCUT2D eigenvalue weighted by molar-refractivity contribution is 0.101. The normalized spacial score (nSPS) is 9.91. The first-order chi connectivity index (χ1) is 10.5. The topological polar surface area (TPSA) is 62.1 Å². The fourth-order valence-corrected chi connectivity index (χ4v) is 2.08. The van der Waals surface area contributed by atoms with Crippen LogP contribution in [-0.4, -0.2) is 12.9 Å². The van der Waals surface area contributed by atoms with Gasteiger partial charge in [0, 0.05) is 17.8 Å². The molecule has 0 fully saturated rings. The van der Waals surface area contributed by atoms with E-state index in [1.807, 2.05) is 6.07 Å². The van der Waals surface area contributed by atoms with E-state index in [4.69, 9.17) is 10.00 Å². The summed E-state index contributed by atoms with van der Waals surface area (Å²) >= 11 is 0. The van der Waals surface area contributed by atoms with Gasteiger partial charge in [-0.15, -0.1) is 0 Å². The number of hydrogen-bond donors (Lipinski definition) is 1. The van der Waals surface area contributed by atoms with Gasteiger partial charge >= 0.3 is 0 Å². The quantitative estimate of drug-likeness (QED) is 0.858. The lowest BCUT2D eigenvalue weighted by Gasteiger charge is -2.11. The number of ether oxygens (including phenoxy) is 1. The second kappa shape index (κ2) is 6.72. The van der Waals surface area contributed by atoms with Gasteiger partial charge in [-0.25, -0.2) is 4.39 Å². The number of benzene rings is 2. The number of methoxy groups -OCH3 is 1. The summed E-state index contributed by atoms with van der Waals surface area (Å²) in [7, 11) is 1.41. The monoisotopic (exact) mass is 298 g/mol. The molecule has 4 nitrogen and oxygen atoms in total. The Hall–Kier alpha value is -2.87. The minimum atomic E-state index is -0.445. The van der Waals surface area contributed by atoms with Crippen molar-refractivity contribution in [1.29, 1.82) is 5.26 Å². The predicted octanol–water partition coefficient (Wildman–Crippen LogP) is 3.52. The van der Waals surface area contributed by atoms with Gasteiger partial charge in [-0.05, 0) is 42.8 Å². The van der Waals surface area contributed by atoms with E-state index in [9.17, 15) is 9.18 Å². The van der Waals surface area contributed by atoms with E-state index >= 15 is 0 Å². The zero-order valence-corrected chi connectivity index (χ0v) is 12.3. The number of carbonyl (C=O) groups excluding carboxylic acids is 1. The van der Waals surface area contributed by atoms with Gasteiger partial charge in [0.15, 0.2) is 17.3 Å². The molecule has 0 amide bonds. The van der Waals surface area contributed by atoms with Crippen LogP contribution in [0.15, 0.2) is 36.4 Å². The number of nitrogens with zero attached hydrogens (tertiary/aromatic N) is 1. The Morgan fingerprint density at radius 1 is 1.32 bits per heavy atom. The number of Topliss-reactive ketones (excluding diaryl/α,β-unsaturated/α-hetero) is 1. The van der Waals surface area contributed by atoms with Crippen LogP contribution in [0.4, 0.5) is 10.1 Å². The van der Waals surface area contributed by atoms with Crippen LogP contribution >= 0.6 is 0 Å². The summed E-state index contributed by atoms with van der Waals surface area (Å²) in [5.41, 5.74) is 2.21. The van der Waals surface area contributed by atoms with Gasteiger partial charge in [0.2, 0.25) is 0 Å². The predicted molar refractivity (Wildman–Crippen MR) is 81.4 cm³/mol. The third kappa shape index (κ3) is 3.41. The van der Waals surface area contributed by atoms with Crippen molar-refractivity contribution in [2.24, 2.45) is 0 Å². The molecule has 0 spiro atoms. The van der Waals surface area contributed by atoms with E-state index < -0.39 is 5.82 Å². The molecule has 0 aliphatic carbocycles. The lowest BCUT2D eigenvalue weighted by Crippen LogP contribution is -2.06. The van der Waals surface area contributed by atoms with Crippen molar-refractivity contribution in [3.63, 3.8) is 0 Å². The van der Waals surface area contributed by atoms with Crippen LogP contribution in [-0.2, 0) is 6.54 Å². The van der Waals surface area contributed by atoms with Crippen molar-refractivity contribution >= 4 is 11.5 Å². The highest BCUT2D eigenvalue weighted by Gasteiger charge is 2.09. The molecule has 0 saturated heterocycles. The minimum Gasteiger partial charge on any atom is -0.494 e. The van der Waals surface area contributed by atoms with E-state index in [0.717, 1.165) is 0 Å². The molecule has 2 aromatic rings. The number of rotatable bonds is 5. The summed E-state index contributed by atoms with van der Waals surface area (Å²) in [5.74, 6) is -0.369. The Labute approximate surface area is 128 Å². The molecule has 0 atom stereocenters. The molecule has 0 saturated carbocycles. The molecule has 0 aliphatic heterocycles. The lowest BCUT2D eigenvalue weighted by atomic mass is 10.1. The fraction of sp³-hybridized carbons (Fsp3) is 0.176. The Bertz CT molecular complexity index is 751. The molecule has 5 heteroatoms. The van der Waals surface area contributed by atoms with E-state index in [1.165, 1.54) is 20.1 Å². The van der Waals surface area contributed by atoms with Crippen LogP contribution in [0.2, 0.25) is 0 Å². The third-order valence-electron chi connectivity index (χ3n) is 3.23. The van der Waals surface area contributed by atoms with Crippen LogP contribution in [0.3, 0.4) is 0 Å². The highest BCUT2D eigenvalue weighted by Crippen LogP contribution is 2.21. The zero-order valence-electron chi connectivity index (χ0n) is 12.3. The molecule has 0 unspecified atom stereocenters. The summed E-state index contributed by atoms with van der Waals surface area (Å²) in [6, 6.07) is 11.5. The van der Waals surface area contributed by atoms with Crippen molar-refractivity contribution in [3.8, 4) is 11.8 Å². The van der Waals surface area contributed by atoms with E-state index in [0.29, 0.717) is 28.9 Å². The molecule has 0 aromatic heterocycles. The van der Waals surface area contributed by atoms with Gasteiger partial charge in [0.05, 0.1) is 18.7 Å². The third-order valence-corrected chi connectivity index (χ3v) is 3.23. The zero-order chi connectivity index (χ0) is 16.1. The van der Waals surface area contributed by atoms with E-state index in [1.54, 1.807) is 30.3 Å². The molecule has 0 bridgehead atoms. The van der Waals surface area contributed by atoms with Gasteiger partial charge in [0.25, 0.3) is 0 Å². The van der Waals surface area contributed by atoms with E-state index in [2.05, 4.69) is 5.32 Å². The van der Waals surface area contributed by atoms with Crippen molar-refractivity contribution in [3.05, 3.63) is 58.9 Å². The second-order valence-corrected chi connectivity index (χ2v) is 4.75. The molecule has 22 heavy (non-hydrogen) atoms. The average Bonchev–Trinajstić information content (AvgIpc) is 2.52. The number of hydrogen-bond acceptors (Lipinski definition) is 4. The highest BCUT2D eigenvalue weighted by atomic mass is 19.1. The number of halogens is 1. The van der Waals surface area contributed by atoms with Crippen LogP contribution in [0.5, 0.6) is 5.75 Å². The maximum absolute atomic E-state index is 13.7. The fourth-order valence-electron chi connectivity index (χ4n) is 2.08. The molecule has 2 aromatic carbocycles. The summed E-state index contributed by atoms with van der Waals surface area (Å²) in [4.78, 5) is 11.6. The summed E-state index contributed by atoms with van der Waals surface area (Å²) in [6.07, 6.45) is 0. The first-order valence-electron chi connectivity index (χ1n) is 6.66. The largest absolute Gasteiger partial charge is 0.494 e. The maximum Gasteiger partial charge on any atom is 0.165 e. The van der Waals surface area contributed by atoms with Crippen molar-refractivity contribution in [2.75, 3.05) is 12.4 Å². The molecule has 112 valence electrons. The first-order valence-corrected chi connectivity index (χ1v) is 6.66. The number of nitriles is 1. The van der Waals surface area contributed by atoms with Crippen molar-refractivity contribution in [1.82, 2.24) is 0 Å². The number of nitrogens with one attached hydrogen (secondary N) is 1. The van der Waals surface area contributed by atoms with Gasteiger partial charge < -0.3 is 10.1 Å². The summed E-state index contributed by atoms with van der Waals surface area (Å²) < 4.78 is 18.5. The van der Waals surface area contributed by atoms with Crippen LogP contribution < -0.4 is 10.1 Å². The minimum absolute atomic E-state index is 0.104. The summed E-state index contributed by atoms with van der Waals surface area (Å²) in [5, 5.41) is 12.0. The second-order valence-electron chi connectivity index (χ2n) is 4.75. The molecular formula is C17H15FN2O2. The number of ketones is 1.